The highest BCUT2D eigenvalue weighted by molar-refractivity contribution is 7.89. The highest BCUT2D eigenvalue weighted by atomic mass is 32.2. The summed E-state index contributed by atoms with van der Waals surface area (Å²) in [5.74, 6) is -0.265. The van der Waals surface area contributed by atoms with Crippen molar-refractivity contribution in [2.75, 3.05) is 26.3 Å². The molecule has 174 valence electrons. The van der Waals surface area contributed by atoms with Gasteiger partial charge in [-0.05, 0) is 43.4 Å². The van der Waals surface area contributed by atoms with Gasteiger partial charge in [-0.25, -0.2) is 13.1 Å². The third kappa shape index (κ3) is 4.45. The van der Waals surface area contributed by atoms with Crippen molar-refractivity contribution < 1.29 is 22.5 Å². The summed E-state index contributed by atoms with van der Waals surface area (Å²) in [5, 5.41) is 3.91. The summed E-state index contributed by atoms with van der Waals surface area (Å²) in [7, 11) is -3.76. The van der Waals surface area contributed by atoms with Crippen LogP contribution in [0.25, 0.3) is 10.7 Å². The van der Waals surface area contributed by atoms with Crippen molar-refractivity contribution in [1.29, 1.82) is 0 Å². The van der Waals surface area contributed by atoms with Crippen LogP contribution in [0.4, 0.5) is 0 Å². The van der Waals surface area contributed by atoms with E-state index in [9.17, 15) is 13.2 Å². The topological polar surface area (TPSA) is 115 Å². The Morgan fingerprint density at radius 2 is 2.03 bits per heavy atom. The zero-order valence-electron chi connectivity index (χ0n) is 18.1. The van der Waals surface area contributed by atoms with Crippen LogP contribution in [0.5, 0.6) is 0 Å². The zero-order chi connectivity index (χ0) is 23.0. The van der Waals surface area contributed by atoms with E-state index in [0.29, 0.717) is 36.1 Å². The number of carbonyl (C=O) groups is 1. The van der Waals surface area contributed by atoms with Gasteiger partial charge < -0.3 is 14.2 Å². The number of ether oxygens (including phenoxy) is 1. The summed E-state index contributed by atoms with van der Waals surface area (Å²) in [6, 6.07) is 9.24. The highest BCUT2D eigenvalue weighted by Crippen LogP contribution is 2.35. The molecule has 3 aromatic rings. The molecule has 2 aromatic heterocycles. The first kappa shape index (κ1) is 22.2. The van der Waals surface area contributed by atoms with Crippen LogP contribution in [0.15, 0.2) is 39.8 Å². The SMILES string of the molecule is Cc1sc(-c2noc(C(=O)N3CCOCC3)n2)cc1S(=O)(=O)N[C@@H]1CCCc2ccccc21. The Morgan fingerprint density at radius 3 is 2.85 bits per heavy atom. The van der Waals surface area contributed by atoms with Crippen LogP contribution >= 0.6 is 11.3 Å². The average molecular weight is 489 g/mol. The molecule has 1 aliphatic heterocycles. The number of hydrogen-bond donors (Lipinski definition) is 1. The van der Waals surface area contributed by atoms with Crippen LogP contribution in [0.2, 0.25) is 0 Å². The second-order valence-corrected chi connectivity index (χ2v) is 11.1. The second-order valence-electron chi connectivity index (χ2n) is 8.12. The molecule has 1 atom stereocenters. The number of carbonyl (C=O) groups excluding carboxylic acids is 1. The zero-order valence-corrected chi connectivity index (χ0v) is 19.7. The fourth-order valence-corrected chi connectivity index (χ4v) is 7.05. The first-order chi connectivity index (χ1) is 15.9. The number of sulfonamides is 1. The predicted octanol–water partition coefficient (Wildman–Crippen LogP) is 2.93. The lowest BCUT2D eigenvalue weighted by Gasteiger charge is -2.26. The Balaban J connectivity index is 1.37. The Labute approximate surface area is 195 Å². The minimum Gasteiger partial charge on any atom is -0.378 e. The highest BCUT2D eigenvalue weighted by Gasteiger charge is 2.29. The fraction of sp³-hybridized carbons (Fsp3) is 0.409. The molecule has 0 radical (unpaired) electrons. The first-order valence-corrected chi connectivity index (χ1v) is 13.1. The quantitative estimate of drug-likeness (QED) is 0.587. The van der Waals surface area contributed by atoms with E-state index in [4.69, 9.17) is 9.26 Å². The number of thiophene rings is 1. The first-order valence-electron chi connectivity index (χ1n) is 10.8. The lowest BCUT2D eigenvalue weighted by atomic mass is 9.88. The van der Waals surface area contributed by atoms with Gasteiger partial charge in [0.05, 0.1) is 23.0 Å². The summed E-state index contributed by atoms with van der Waals surface area (Å²) < 4.78 is 39.8. The molecule has 11 heteroatoms. The molecule has 1 aliphatic carbocycles. The van der Waals surface area contributed by atoms with Crippen molar-refractivity contribution in [3.63, 3.8) is 0 Å². The molecule has 1 amide bonds. The molecule has 1 saturated heterocycles. The molecule has 1 aromatic carbocycles. The van der Waals surface area contributed by atoms with Crippen LogP contribution in [0.1, 0.15) is 45.6 Å². The van der Waals surface area contributed by atoms with Gasteiger partial charge in [0.25, 0.3) is 0 Å². The van der Waals surface area contributed by atoms with Gasteiger partial charge in [0.15, 0.2) is 0 Å². The Kier molecular flexibility index (Phi) is 6.04. The Bertz CT molecular complexity index is 1280. The number of fused-ring (bicyclic) bond motifs is 1. The van der Waals surface area contributed by atoms with E-state index < -0.39 is 10.0 Å². The summed E-state index contributed by atoms with van der Waals surface area (Å²) in [6.45, 7) is 3.62. The maximum atomic E-state index is 13.3. The van der Waals surface area contributed by atoms with E-state index in [1.54, 1.807) is 17.9 Å². The van der Waals surface area contributed by atoms with E-state index in [1.165, 1.54) is 16.9 Å². The average Bonchev–Trinajstić information content (AvgIpc) is 3.47. The van der Waals surface area contributed by atoms with Gasteiger partial charge in [0, 0.05) is 24.0 Å². The summed E-state index contributed by atoms with van der Waals surface area (Å²) in [5.41, 5.74) is 2.22. The molecule has 9 nitrogen and oxygen atoms in total. The molecule has 5 rings (SSSR count). The van der Waals surface area contributed by atoms with Crippen LogP contribution in [-0.2, 0) is 21.2 Å². The number of nitrogens with zero attached hydrogens (tertiary/aromatic N) is 3. The van der Waals surface area contributed by atoms with Gasteiger partial charge >= 0.3 is 11.8 Å². The predicted molar refractivity (Wildman–Crippen MR) is 122 cm³/mol. The van der Waals surface area contributed by atoms with Crippen molar-refractivity contribution in [3.8, 4) is 10.7 Å². The minimum absolute atomic E-state index is 0.112. The van der Waals surface area contributed by atoms with Gasteiger partial charge in [0.2, 0.25) is 15.8 Å². The van der Waals surface area contributed by atoms with E-state index in [-0.39, 0.29) is 28.6 Å². The lowest BCUT2D eigenvalue weighted by molar-refractivity contribution is 0.0272. The van der Waals surface area contributed by atoms with E-state index >= 15 is 0 Å². The number of amides is 1. The molecule has 0 saturated carbocycles. The third-order valence-electron chi connectivity index (χ3n) is 5.96. The van der Waals surface area contributed by atoms with Gasteiger partial charge in [-0.15, -0.1) is 11.3 Å². The van der Waals surface area contributed by atoms with Gasteiger partial charge in [-0.1, -0.05) is 29.4 Å². The maximum absolute atomic E-state index is 13.3. The van der Waals surface area contributed by atoms with Crippen molar-refractivity contribution in [1.82, 2.24) is 19.8 Å². The number of benzene rings is 1. The summed E-state index contributed by atoms with van der Waals surface area (Å²) in [6.07, 6.45) is 2.64. The van der Waals surface area contributed by atoms with Crippen molar-refractivity contribution in [3.05, 3.63) is 52.2 Å². The van der Waals surface area contributed by atoms with E-state index in [0.717, 1.165) is 24.8 Å². The number of hydrogen-bond acceptors (Lipinski definition) is 8. The third-order valence-corrected chi connectivity index (χ3v) is 8.73. The number of rotatable bonds is 5. The molecular weight excluding hydrogens is 464 g/mol. The van der Waals surface area contributed by atoms with Gasteiger partial charge in [-0.2, -0.15) is 4.98 Å². The maximum Gasteiger partial charge on any atom is 0.316 e. The number of aryl methyl sites for hydroxylation is 2. The van der Waals surface area contributed by atoms with Crippen LogP contribution in [-0.4, -0.2) is 55.7 Å². The minimum atomic E-state index is -3.76. The van der Waals surface area contributed by atoms with Crippen LogP contribution in [0.3, 0.4) is 0 Å². The Morgan fingerprint density at radius 1 is 1.24 bits per heavy atom. The molecule has 3 heterocycles. The van der Waals surface area contributed by atoms with Crippen molar-refractivity contribution in [2.24, 2.45) is 0 Å². The largest absolute Gasteiger partial charge is 0.378 e. The molecule has 2 aliphatic rings. The van der Waals surface area contributed by atoms with E-state index in [2.05, 4.69) is 20.9 Å². The van der Waals surface area contributed by atoms with Crippen LogP contribution in [0, 0.1) is 6.92 Å². The Hall–Kier alpha value is -2.60. The number of aromatic nitrogens is 2. The smallest absolute Gasteiger partial charge is 0.316 e. The van der Waals surface area contributed by atoms with Crippen LogP contribution < -0.4 is 4.72 Å². The molecular formula is C22H24N4O5S2. The lowest BCUT2D eigenvalue weighted by Crippen LogP contribution is -2.40. The standard InChI is InChI=1S/C22H24N4O5S2/c1-14-19(33(28,29)25-17-8-4-6-15-5-2-3-7-16(15)17)13-18(32-14)20-23-21(31-24-20)22(27)26-9-11-30-12-10-26/h2-3,5,7,13,17,25H,4,6,8-12H2,1H3/t17-/m1/s1. The normalized spacial score (nSPS) is 18.8. The molecule has 33 heavy (non-hydrogen) atoms. The fourth-order valence-electron chi connectivity index (χ4n) is 4.28. The molecule has 0 unspecified atom stereocenters. The molecule has 0 bridgehead atoms. The van der Waals surface area contributed by atoms with Gasteiger partial charge in [-0.3, -0.25) is 4.79 Å². The van der Waals surface area contributed by atoms with Crippen molar-refractivity contribution >= 4 is 27.3 Å². The summed E-state index contributed by atoms with van der Waals surface area (Å²) >= 11 is 1.25. The molecule has 1 fully saturated rings. The van der Waals surface area contributed by atoms with E-state index in [1.807, 2.05) is 18.2 Å². The monoisotopic (exact) mass is 488 g/mol. The van der Waals surface area contributed by atoms with Crippen molar-refractivity contribution in [2.45, 2.75) is 37.1 Å². The molecule has 1 N–H and O–H groups in total. The molecule has 0 spiro atoms. The van der Waals surface area contributed by atoms with Gasteiger partial charge in [0.1, 0.15) is 0 Å². The number of morpholine rings is 1. The number of nitrogens with one attached hydrogen (secondary N) is 1. The summed E-state index contributed by atoms with van der Waals surface area (Å²) in [4.78, 5) is 19.7. The second kappa shape index (κ2) is 8.98.